The topological polar surface area (TPSA) is 45.2 Å². The van der Waals surface area contributed by atoms with Crippen molar-refractivity contribution >= 4 is 10.9 Å². The van der Waals surface area contributed by atoms with Gasteiger partial charge in [0.25, 0.3) is 0 Å². The van der Waals surface area contributed by atoms with Crippen molar-refractivity contribution in [2.45, 2.75) is 6.92 Å². The van der Waals surface area contributed by atoms with Gasteiger partial charge in [0, 0.05) is 22.7 Å². The molecule has 0 radical (unpaired) electrons. The number of aromatic amines is 1. The molecule has 0 aliphatic carbocycles. The molecule has 0 amide bonds. The summed E-state index contributed by atoms with van der Waals surface area (Å²) in [4.78, 5) is 3.17. The van der Waals surface area contributed by atoms with Gasteiger partial charge in [-0.3, -0.25) is 0 Å². The molecule has 68 valence electrons. The van der Waals surface area contributed by atoms with E-state index in [1.54, 1.807) is 12.1 Å². The number of methoxy groups -OCH3 is 1. The molecule has 2 N–H and O–H groups in total. The molecule has 3 heteroatoms. The molecular formula is C10H11NO2. The highest BCUT2D eigenvalue weighted by molar-refractivity contribution is 5.84. The highest BCUT2D eigenvalue weighted by Crippen LogP contribution is 2.30. The van der Waals surface area contributed by atoms with E-state index in [0.29, 0.717) is 5.75 Å². The van der Waals surface area contributed by atoms with E-state index in [2.05, 4.69) is 4.98 Å². The third kappa shape index (κ3) is 1.22. The van der Waals surface area contributed by atoms with Crippen molar-refractivity contribution in [2.75, 3.05) is 7.11 Å². The van der Waals surface area contributed by atoms with E-state index in [1.165, 1.54) is 7.11 Å². The van der Waals surface area contributed by atoms with Gasteiger partial charge in [0.05, 0.1) is 7.11 Å². The Morgan fingerprint density at radius 3 is 2.77 bits per heavy atom. The fraction of sp³-hybridized carbons (Fsp3) is 0.200. The number of ether oxygens (including phenoxy) is 1. The van der Waals surface area contributed by atoms with Gasteiger partial charge >= 0.3 is 0 Å². The van der Waals surface area contributed by atoms with Crippen LogP contribution in [0.4, 0.5) is 0 Å². The molecule has 0 bridgehead atoms. The molecule has 1 heterocycles. The number of H-pyrrole nitrogens is 1. The number of hydrogen-bond acceptors (Lipinski definition) is 2. The first-order valence-electron chi connectivity index (χ1n) is 4.07. The van der Waals surface area contributed by atoms with Crippen LogP contribution < -0.4 is 4.74 Å². The number of benzene rings is 1. The third-order valence-corrected chi connectivity index (χ3v) is 2.05. The molecular weight excluding hydrogens is 166 g/mol. The molecule has 2 rings (SSSR count). The summed E-state index contributed by atoms with van der Waals surface area (Å²) in [7, 11) is 1.54. The highest BCUT2D eigenvalue weighted by Gasteiger charge is 2.04. The maximum Gasteiger partial charge on any atom is 0.162 e. The Labute approximate surface area is 76.0 Å². The number of phenolic OH excluding ortho intramolecular Hbond substituents is 1. The van der Waals surface area contributed by atoms with Crippen molar-refractivity contribution in [1.29, 1.82) is 0 Å². The van der Waals surface area contributed by atoms with Gasteiger partial charge in [0.2, 0.25) is 0 Å². The molecule has 0 aliphatic heterocycles. The number of hydrogen-bond donors (Lipinski definition) is 2. The van der Waals surface area contributed by atoms with Crippen molar-refractivity contribution in [2.24, 2.45) is 0 Å². The molecule has 1 aromatic heterocycles. The molecule has 0 saturated carbocycles. The lowest BCUT2D eigenvalue weighted by atomic mass is 10.2. The second kappa shape index (κ2) is 2.69. The van der Waals surface area contributed by atoms with Gasteiger partial charge in [-0.05, 0) is 19.1 Å². The fourth-order valence-corrected chi connectivity index (χ4v) is 1.46. The highest BCUT2D eigenvalue weighted by atomic mass is 16.5. The molecule has 0 fully saturated rings. The van der Waals surface area contributed by atoms with Crippen molar-refractivity contribution in [3.63, 3.8) is 0 Å². The number of aryl methyl sites for hydroxylation is 1. The van der Waals surface area contributed by atoms with Gasteiger partial charge in [0.1, 0.15) is 0 Å². The van der Waals surface area contributed by atoms with Crippen LogP contribution >= 0.6 is 0 Å². The maximum absolute atomic E-state index is 9.48. The summed E-state index contributed by atoms with van der Waals surface area (Å²) >= 11 is 0. The van der Waals surface area contributed by atoms with E-state index in [0.717, 1.165) is 16.6 Å². The zero-order chi connectivity index (χ0) is 9.42. The van der Waals surface area contributed by atoms with Gasteiger partial charge in [-0.2, -0.15) is 0 Å². The maximum atomic E-state index is 9.48. The molecule has 0 saturated heterocycles. The Kier molecular flexibility index (Phi) is 1.65. The summed E-state index contributed by atoms with van der Waals surface area (Å²) in [6.07, 6.45) is 0. The minimum absolute atomic E-state index is 0.175. The molecule has 0 unspecified atom stereocenters. The number of aromatic nitrogens is 1. The predicted octanol–water partition coefficient (Wildman–Crippen LogP) is 2.19. The minimum Gasteiger partial charge on any atom is -0.504 e. The van der Waals surface area contributed by atoms with E-state index >= 15 is 0 Å². The molecule has 0 atom stereocenters. The van der Waals surface area contributed by atoms with E-state index < -0.39 is 0 Å². The third-order valence-electron chi connectivity index (χ3n) is 2.05. The van der Waals surface area contributed by atoms with Crippen LogP contribution in [0.25, 0.3) is 10.9 Å². The minimum atomic E-state index is 0.175. The quantitative estimate of drug-likeness (QED) is 0.701. The second-order valence-electron chi connectivity index (χ2n) is 3.06. The lowest BCUT2D eigenvalue weighted by Crippen LogP contribution is -1.82. The van der Waals surface area contributed by atoms with Crippen LogP contribution in [-0.2, 0) is 0 Å². The first kappa shape index (κ1) is 7.98. The van der Waals surface area contributed by atoms with Gasteiger partial charge < -0.3 is 14.8 Å². The Balaban J connectivity index is 2.72. The van der Waals surface area contributed by atoms with Crippen LogP contribution in [0.2, 0.25) is 0 Å². The van der Waals surface area contributed by atoms with Crippen LogP contribution in [0.3, 0.4) is 0 Å². The number of phenols is 1. The van der Waals surface area contributed by atoms with Crippen molar-refractivity contribution in [3.8, 4) is 11.5 Å². The lowest BCUT2D eigenvalue weighted by molar-refractivity contribution is 0.374. The summed E-state index contributed by atoms with van der Waals surface area (Å²) in [5, 5.41) is 10.5. The summed E-state index contributed by atoms with van der Waals surface area (Å²) in [6, 6.07) is 5.46. The van der Waals surface area contributed by atoms with Gasteiger partial charge in [-0.1, -0.05) is 0 Å². The van der Waals surface area contributed by atoms with Crippen LogP contribution in [0, 0.1) is 6.92 Å². The fourth-order valence-electron chi connectivity index (χ4n) is 1.46. The van der Waals surface area contributed by atoms with Crippen molar-refractivity contribution in [3.05, 3.63) is 23.9 Å². The van der Waals surface area contributed by atoms with Crippen LogP contribution in [-0.4, -0.2) is 17.2 Å². The SMILES string of the molecule is COc1cc2[nH]c(C)cc2cc1O. The number of aromatic hydroxyl groups is 1. The second-order valence-corrected chi connectivity index (χ2v) is 3.06. The molecule has 0 aliphatic rings. The standard InChI is InChI=1S/C10H11NO2/c1-6-3-7-4-9(12)10(13-2)5-8(7)11-6/h3-5,11-12H,1-2H3. The van der Waals surface area contributed by atoms with Gasteiger partial charge in [0.15, 0.2) is 11.5 Å². The van der Waals surface area contributed by atoms with E-state index in [9.17, 15) is 5.11 Å². The zero-order valence-corrected chi connectivity index (χ0v) is 7.59. The number of fused-ring (bicyclic) bond motifs is 1. The molecule has 1 aromatic carbocycles. The summed E-state index contributed by atoms with van der Waals surface area (Å²) in [5.41, 5.74) is 2.05. The first-order valence-corrected chi connectivity index (χ1v) is 4.07. The monoisotopic (exact) mass is 177 g/mol. The number of nitrogens with one attached hydrogen (secondary N) is 1. The average molecular weight is 177 g/mol. The Morgan fingerprint density at radius 2 is 2.08 bits per heavy atom. The Morgan fingerprint density at radius 1 is 1.31 bits per heavy atom. The Hall–Kier alpha value is -1.64. The summed E-state index contributed by atoms with van der Waals surface area (Å²) in [5.74, 6) is 0.670. The van der Waals surface area contributed by atoms with E-state index in [-0.39, 0.29) is 5.75 Å². The molecule has 0 spiro atoms. The van der Waals surface area contributed by atoms with Crippen molar-refractivity contribution in [1.82, 2.24) is 4.98 Å². The first-order chi connectivity index (χ1) is 6.20. The van der Waals surface area contributed by atoms with E-state index in [1.807, 2.05) is 13.0 Å². The molecule has 3 nitrogen and oxygen atoms in total. The largest absolute Gasteiger partial charge is 0.504 e. The van der Waals surface area contributed by atoms with Crippen LogP contribution in [0.15, 0.2) is 18.2 Å². The van der Waals surface area contributed by atoms with Crippen molar-refractivity contribution < 1.29 is 9.84 Å². The zero-order valence-electron chi connectivity index (χ0n) is 7.59. The molecule has 2 aromatic rings. The van der Waals surface area contributed by atoms with Crippen LogP contribution in [0.5, 0.6) is 11.5 Å². The van der Waals surface area contributed by atoms with Gasteiger partial charge in [-0.15, -0.1) is 0 Å². The molecule has 13 heavy (non-hydrogen) atoms. The summed E-state index contributed by atoms with van der Waals surface area (Å²) in [6.45, 7) is 1.98. The predicted molar refractivity (Wildman–Crippen MR) is 51.3 cm³/mol. The lowest BCUT2D eigenvalue weighted by Gasteiger charge is -2.02. The van der Waals surface area contributed by atoms with Crippen LogP contribution in [0.1, 0.15) is 5.69 Å². The summed E-state index contributed by atoms with van der Waals surface area (Å²) < 4.78 is 4.99. The van der Waals surface area contributed by atoms with Gasteiger partial charge in [-0.25, -0.2) is 0 Å². The Bertz CT molecular complexity index is 445. The number of rotatable bonds is 1. The average Bonchev–Trinajstić information content (AvgIpc) is 2.42. The smallest absolute Gasteiger partial charge is 0.162 e. The normalized spacial score (nSPS) is 10.6. The van der Waals surface area contributed by atoms with E-state index in [4.69, 9.17) is 4.74 Å².